The molecule has 24 heavy (non-hydrogen) atoms. The molecule has 1 atom stereocenters. The summed E-state index contributed by atoms with van der Waals surface area (Å²) in [6, 6.07) is 3.61. The van der Waals surface area contributed by atoms with Crippen LogP contribution in [0.3, 0.4) is 0 Å². The van der Waals surface area contributed by atoms with Crippen molar-refractivity contribution in [1.82, 2.24) is 14.9 Å². The van der Waals surface area contributed by atoms with E-state index in [1.165, 1.54) is 6.92 Å². The van der Waals surface area contributed by atoms with Crippen LogP contribution < -0.4 is 10.0 Å². The molecule has 0 aliphatic carbocycles. The molecule has 0 saturated carbocycles. The fourth-order valence-corrected chi connectivity index (χ4v) is 4.50. The summed E-state index contributed by atoms with van der Waals surface area (Å²) in [7, 11) is -3.82. The van der Waals surface area contributed by atoms with Crippen molar-refractivity contribution in [3.05, 3.63) is 34.4 Å². The number of aryl methyl sites for hydroxylation is 3. The second kappa shape index (κ2) is 6.96. The molecule has 2 rings (SSSR count). The van der Waals surface area contributed by atoms with E-state index < -0.39 is 16.1 Å². The Morgan fingerprint density at radius 3 is 2.38 bits per heavy atom. The number of aromatic nitrogens is 2. The lowest BCUT2D eigenvalue weighted by molar-refractivity contribution is -0.114. The van der Waals surface area contributed by atoms with Crippen LogP contribution in [0.5, 0.6) is 0 Å². The van der Waals surface area contributed by atoms with E-state index in [0.29, 0.717) is 0 Å². The maximum absolute atomic E-state index is 12.5. The first-order valence-corrected chi connectivity index (χ1v) is 9.61. The van der Waals surface area contributed by atoms with Gasteiger partial charge in [-0.05, 0) is 49.9 Å². The number of rotatable bonds is 5. The van der Waals surface area contributed by atoms with Gasteiger partial charge in [0.25, 0.3) is 10.0 Å². The van der Waals surface area contributed by atoms with Gasteiger partial charge in [-0.3, -0.25) is 4.79 Å². The van der Waals surface area contributed by atoms with Gasteiger partial charge in [0.15, 0.2) is 0 Å². The first-order chi connectivity index (χ1) is 11.1. The average Bonchev–Trinajstić information content (AvgIpc) is 2.90. The molecule has 0 spiro atoms. The van der Waals surface area contributed by atoms with Gasteiger partial charge < -0.3 is 5.32 Å². The van der Waals surface area contributed by atoms with E-state index in [1.807, 2.05) is 32.9 Å². The molecular formula is C15H20N4O3S2. The molecule has 0 bridgehead atoms. The Bertz CT molecular complexity index is 875. The summed E-state index contributed by atoms with van der Waals surface area (Å²) >= 11 is 0.810. The van der Waals surface area contributed by atoms with Crippen LogP contribution in [0, 0.1) is 20.8 Å². The minimum absolute atomic E-state index is 0.151. The minimum Gasteiger partial charge on any atom is -0.301 e. The van der Waals surface area contributed by atoms with Gasteiger partial charge in [-0.2, -0.15) is 0 Å². The first kappa shape index (κ1) is 18.5. The Balaban J connectivity index is 2.24. The normalized spacial score (nSPS) is 12.9. The highest BCUT2D eigenvalue weighted by molar-refractivity contribution is 7.91. The average molecular weight is 368 g/mol. The Kier molecular flexibility index (Phi) is 5.36. The summed E-state index contributed by atoms with van der Waals surface area (Å²) in [4.78, 5) is 11.0. The Morgan fingerprint density at radius 1 is 1.12 bits per heavy atom. The Hall–Kier alpha value is -1.84. The number of nitrogens with one attached hydrogen (secondary N) is 2. The minimum atomic E-state index is -3.82. The second-order valence-corrected chi connectivity index (χ2v) is 8.56. The topological polar surface area (TPSA) is 101 Å². The van der Waals surface area contributed by atoms with Crippen LogP contribution in [-0.2, 0) is 14.8 Å². The van der Waals surface area contributed by atoms with Crippen LogP contribution in [0.1, 0.15) is 42.1 Å². The third-order valence-corrected chi connectivity index (χ3v) is 6.35. The maximum Gasteiger partial charge on any atom is 0.270 e. The quantitative estimate of drug-likeness (QED) is 0.790. The zero-order valence-electron chi connectivity index (χ0n) is 14.2. The first-order valence-electron chi connectivity index (χ1n) is 7.31. The SMILES string of the molecule is CC(=O)Nc1nnc(S(=O)(=O)NC(C)c2cc(C)c(C)cc2C)s1. The van der Waals surface area contributed by atoms with Crippen LogP contribution >= 0.6 is 11.3 Å². The van der Waals surface area contributed by atoms with Gasteiger partial charge in [0.2, 0.25) is 15.4 Å². The number of amides is 1. The largest absolute Gasteiger partial charge is 0.301 e. The summed E-state index contributed by atoms with van der Waals surface area (Å²) in [5.74, 6) is -0.331. The van der Waals surface area contributed by atoms with E-state index in [1.54, 1.807) is 6.92 Å². The molecule has 1 aromatic carbocycles. The number of sulfonamides is 1. The number of carbonyl (C=O) groups is 1. The number of hydrogen-bond donors (Lipinski definition) is 2. The number of carbonyl (C=O) groups excluding carboxylic acids is 1. The van der Waals surface area contributed by atoms with Crippen molar-refractivity contribution in [3.8, 4) is 0 Å². The molecule has 1 unspecified atom stereocenters. The lowest BCUT2D eigenvalue weighted by Crippen LogP contribution is -2.27. The van der Waals surface area contributed by atoms with Gasteiger partial charge in [0, 0.05) is 13.0 Å². The molecule has 0 radical (unpaired) electrons. The van der Waals surface area contributed by atoms with Gasteiger partial charge in [0.1, 0.15) is 0 Å². The molecule has 0 aliphatic heterocycles. The van der Waals surface area contributed by atoms with Crippen molar-refractivity contribution in [1.29, 1.82) is 0 Å². The van der Waals surface area contributed by atoms with Crippen molar-refractivity contribution in [2.24, 2.45) is 0 Å². The molecule has 1 heterocycles. The highest BCUT2D eigenvalue weighted by Gasteiger charge is 2.24. The molecule has 0 aliphatic rings. The summed E-state index contributed by atoms with van der Waals surface area (Å²) in [5.41, 5.74) is 4.19. The van der Waals surface area contributed by atoms with Gasteiger partial charge in [-0.25, -0.2) is 13.1 Å². The molecule has 130 valence electrons. The van der Waals surface area contributed by atoms with E-state index >= 15 is 0 Å². The maximum atomic E-state index is 12.5. The zero-order valence-corrected chi connectivity index (χ0v) is 15.8. The summed E-state index contributed by atoms with van der Waals surface area (Å²) in [5, 5.41) is 9.88. The molecular weight excluding hydrogens is 348 g/mol. The molecule has 9 heteroatoms. The number of anilines is 1. The van der Waals surface area contributed by atoms with E-state index in [4.69, 9.17) is 0 Å². The standard InChI is InChI=1S/C15H20N4O3S2/c1-8-6-10(3)13(7-9(8)2)11(4)19-24(21,22)15-18-17-14(23-15)16-12(5)20/h6-7,11,19H,1-5H3,(H,16,17,20). The number of benzene rings is 1. The monoisotopic (exact) mass is 368 g/mol. The highest BCUT2D eigenvalue weighted by atomic mass is 32.2. The summed E-state index contributed by atoms with van der Waals surface area (Å²) < 4.78 is 27.4. The summed E-state index contributed by atoms with van der Waals surface area (Å²) in [6.07, 6.45) is 0. The smallest absolute Gasteiger partial charge is 0.270 e. The molecule has 7 nitrogen and oxygen atoms in total. The zero-order chi connectivity index (χ0) is 18.1. The van der Waals surface area contributed by atoms with Crippen LogP contribution in [0.2, 0.25) is 0 Å². The molecule has 1 amide bonds. The third-order valence-electron chi connectivity index (χ3n) is 3.60. The fraction of sp³-hybridized carbons (Fsp3) is 0.400. The number of hydrogen-bond acceptors (Lipinski definition) is 6. The fourth-order valence-electron chi connectivity index (χ4n) is 2.32. The van der Waals surface area contributed by atoms with E-state index in [0.717, 1.165) is 33.6 Å². The number of nitrogens with zero attached hydrogens (tertiary/aromatic N) is 2. The highest BCUT2D eigenvalue weighted by Crippen LogP contribution is 2.25. The summed E-state index contributed by atoms with van der Waals surface area (Å²) in [6.45, 7) is 9.06. The third kappa shape index (κ3) is 4.16. The Labute approximate surface area is 145 Å². The van der Waals surface area contributed by atoms with Crippen LogP contribution in [0.25, 0.3) is 0 Å². The van der Waals surface area contributed by atoms with Crippen LogP contribution in [0.4, 0.5) is 5.13 Å². The molecule has 2 N–H and O–H groups in total. The van der Waals surface area contributed by atoms with Gasteiger partial charge in [-0.1, -0.05) is 23.5 Å². The molecule has 0 fully saturated rings. The molecule has 1 aromatic heterocycles. The van der Waals surface area contributed by atoms with E-state index in [-0.39, 0.29) is 15.4 Å². The van der Waals surface area contributed by atoms with Crippen LogP contribution in [0.15, 0.2) is 16.5 Å². The van der Waals surface area contributed by atoms with E-state index in [2.05, 4.69) is 20.2 Å². The molecule has 0 saturated heterocycles. The van der Waals surface area contributed by atoms with Crippen molar-refractivity contribution >= 4 is 32.4 Å². The lowest BCUT2D eigenvalue weighted by atomic mass is 9.97. The lowest BCUT2D eigenvalue weighted by Gasteiger charge is -2.17. The van der Waals surface area contributed by atoms with Gasteiger partial charge in [-0.15, -0.1) is 10.2 Å². The van der Waals surface area contributed by atoms with Crippen molar-refractivity contribution in [2.75, 3.05) is 5.32 Å². The van der Waals surface area contributed by atoms with Crippen molar-refractivity contribution in [2.45, 2.75) is 45.0 Å². The van der Waals surface area contributed by atoms with Gasteiger partial charge >= 0.3 is 0 Å². The van der Waals surface area contributed by atoms with Crippen LogP contribution in [-0.4, -0.2) is 24.5 Å². The molecule has 2 aromatic rings. The van der Waals surface area contributed by atoms with Gasteiger partial charge in [0.05, 0.1) is 0 Å². The predicted molar refractivity (Wildman–Crippen MR) is 93.6 cm³/mol. The predicted octanol–water partition coefficient (Wildman–Crippen LogP) is 2.46. The second-order valence-electron chi connectivity index (χ2n) is 5.69. The van der Waals surface area contributed by atoms with Crippen molar-refractivity contribution in [3.63, 3.8) is 0 Å². The Morgan fingerprint density at radius 2 is 1.75 bits per heavy atom. The van der Waals surface area contributed by atoms with Crippen molar-refractivity contribution < 1.29 is 13.2 Å². The van der Waals surface area contributed by atoms with E-state index in [9.17, 15) is 13.2 Å².